The molecule has 0 unspecified atom stereocenters. The molecule has 0 aliphatic rings. The smallest absolute Gasteiger partial charge is 0.221 e. The van der Waals surface area contributed by atoms with Gasteiger partial charge in [0, 0.05) is 37.2 Å². The number of hydrogen-bond acceptors (Lipinski definition) is 3. The average molecular weight is 255 g/mol. The zero-order valence-electron chi connectivity index (χ0n) is 11.1. The molecule has 19 heavy (non-hydrogen) atoms. The topological polar surface area (TPSA) is 54.0 Å². The lowest BCUT2D eigenvalue weighted by molar-refractivity contribution is -0.114. The molecule has 0 fully saturated rings. The van der Waals surface area contributed by atoms with Gasteiger partial charge in [0.1, 0.15) is 0 Å². The van der Waals surface area contributed by atoms with Crippen LogP contribution in [0.25, 0.3) is 0 Å². The van der Waals surface area contributed by atoms with Gasteiger partial charge in [-0.15, -0.1) is 0 Å². The molecular weight excluding hydrogens is 238 g/mol. The van der Waals surface area contributed by atoms with E-state index in [9.17, 15) is 4.79 Å². The van der Waals surface area contributed by atoms with Gasteiger partial charge in [-0.2, -0.15) is 0 Å². The SMILES string of the molecule is CC(=O)Nc1ccc(C)c(NCc2ccncc2)c1. The lowest BCUT2D eigenvalue weighted by atomic mass is 10.1. The minimum atomic E-state index is -0.0658. The summed E-state index contributed by atoms with van der Waals surface area (Å²) in [6.07, 6.45) is 3.55. The standard InChI is InChI=1S/C15H17N3O/c1-11-3-4-14(18-12(2)19)9-15(11)17-10-13-5-7-16-8-6-13/h3-9,17H,10H2,1-2H3,(H,18,19). The van der Waals surface area contributed by atoms with Crippen molar-refractivity contribution >= 4 is 17.3 Å². The maximum Gasteiger partial charge on any atom is 0.221 e. The maximum absolute atomic E-state index is 11.1. The molecule has 1 aromatic heterocycles. The van der Waals surface area contributed by atoms with Crippen LogP contribution in [0.1, 0.15) is 18.1 Å². The Balaban J connectivity index is 2.08. The van der Waals surface area contributed by atoms with Crippen molar-refractivity contribution in [1.29, 1.82) is 0 Å². The summed E-state index contributed by atoms with van der Waals surface area (Å²) in [7, 11) is 0. The first-order valence-electron chi connectivity index (χ1n) is 6.16. The molecule has 98 valence electrons. The number of nitrogens with zero attached hydrogens (tertiary/aromatic N) is 1. The van der Waals surface area contributed by atoms with Gasteiger partial charge in [-0.3, -0.25) is 9.78 Å². The van der Waals surface area contributed by atoms with Crippen molar-refractivity contribution in [2.75, 3.05) is 10.6 Å². The monoisotopic (exact) mass is 255 g/mol. The highest BCUT2D eigenvalue weighted by Crippen LogP contribution is 2.20. The van der Waals surface area contributed by atoms with Crippen LogP contribution in [-0.4, -0.2) is 10.9 Å². The first-order valence-corrected chi connectivity index (χ1v) is 6.16. The number of hydrogen-bond donors (Lipinski definition) is 2. The van der Waals surface area contributed by atoms with Crippen LogP contribution in [-0.2, 0) is 11.3 Å². The van der Waals surface area contributed by atoms with Gasteiger partial charge in [0.15, 0.2) is 0 Å². The number of rotatable bonds is 4. The van der Waals surface area contributed by atoms with Crippen molar-refractivity contribution in [2.24, 2.45) is 0 Å². The van der Waals surface area contributed by atoms with E-state index in [0.29, 0.717) is 0 Å². The highest BCUT2D eigenvalue weighted by atomic mass is 16.1. The second-order valence-corrected chi connectivity index (χ2v) is 4.42. The molecule has 0 saturated carbocycles. The lowest BCUT2D eigenvalue weighted by Gasteiger charge is -2.12. The number of anilines is 2. The fraction of sp³-hybridized carbons (Fsp3) is 0.200. The third-order valence-electron chi connectivity index (χ3n) is 2.79. The molecular formula is C15H17N3O. The van der Waals surface area contributed by atoms with Crippen LogP contribution in [0.5, 0.6) is 0 Å². The van der Waals surface area contributed by atoms with Crippen molar-refractivity contribution in [3.05, 3.63) is 53.9 Å². The fourth-order valence-corrected chi connectivity index (χ4v) is 1.79. The van der Waals surface area contributed by atoms with E-state index in [4.69, 9.17) is 0 Å². The van der Waals surface area contributed by atoms with Crippen LogP contribution in [0.2, 0.25) is 0 Å². The molecule has 0 aliphatic carbocycles. The Kier molecular flexibility index (Phi) is 4.13. The number of pyridine rings is 1. The van der Waals surface area contributed by atoms with Crippen molar-refractivity contribution in [3.8, 4) is 0 Å². The lowest BCUT2D eigenvalue weighted by Crippen LogP contribution is -2.07. The molecule has 4 heteroatoms. The fourth-order valence-electron chi connectivity index (χ4n) is 1.79. The summed E-state index contributed by atoms with van der Waals surface area (Å²) in [5.41, 5.74) is 4.13. The summed E-state index contributed by atoms with van der Waals surface area (Å²) in [4.78, 5) is 15.0. The highest BCUT2D eigenvalue weighted by molar-refractivity contribution is 5.89. The number of carbonyl (C=O) groups excluding carboxylic acids is 1. The van der Waals surface area contributed by atoms with Gasteiger partial charge in [-0.25, -0.2) is 0 Å². The molecule has 1 aromatic carbocycles. The molecule has 0 bridgehead atoms. The first kappa shape index (κ1) is 13.1. The molecule has 0 radical (unpaired) electrons. The van der Waals surface area contributed by atoms with Crippen molar-refractivity contribution in [2.45, 2.75) is 20.4 Å². The summed E-state index contributed by atoms with van der Waals surface area (Å²) < 4.78 is 0. The number of amides is 1. The summed E-state index contributed by atoms with van der Waals surface area (Å²) in [5.74, 6) is -0.0658. The van der Waals surface area contributed by atoms with Crippen LogP contribution >= 0.6 is 0 Å². The Bertz CT molecular complexity index is 567. The molecule has 0 atom stereocenters. The van der Waals surface area contributed by atoms with Crippen molar-refractivity contribution in [3.63, 3.8) is 0 Å². The summed E-state index contributed by atoms with van der Waals surface area (Å²) in [6, 6.07) is 9.77. The van der Waals surface area contributed by atoms with E-state index >= 15 is 0 Å². The largest absolute Gasteiger partial charge is 0.381 e. The predicted molar refractivity (Wildman–Crippen MR) is 77.0 cm³/mol. The van der Waals surface area contributed by atoms with Gasteiger partial charge in [-0.1, -0.05) is 6.07 Å². The highest BCUT2D eigenvalue weighted by Gasteiger charge is 2.02. The summed E-state index contributed by atoms with van der Waals surface area (Å²) in [6.45, 7) is 4.27. The minimum Gasteiger partial charge on any atom is -0.381 e. The first-order chi connectivity index (χ1) is 9.15. The van der Waals surface area contributed by atoms with Gasteiger partial charge in [0.2, 0.25) is 5.91 Å². The molecule has 1 heterocycles. The molecule has 2 N–H and O–H groups in total. The Morgan fingerprint density at radius 3 is 2.63 bits per heavy atom. The van der Waals surface area contributed by atoms with Gasteiger partial charge < -0.3 is 10.6 Å². The summed E-state index contributed by atoms with van der Waals surface area (Å²) >= 11 is 0. The van der Waals surface area contributed by atoms with Crippen LogP contribution in [0.4, 0.5) is 11.4 Å². The van der Waals surface area contributed by atoms with E-state index in [2.05, 4.69) is 15.6 Å². The van der Waals surface area contributed by atoms with Crippen LogP contribution < -0.4 is 10.6 Å². The third kappa shape index (κ3) is 3.81. The van der Waals surface area contributed by atoms with Crippen molar-refractivity contribution < 1.29 is 4.79 Å². The molecule has 0 saturated heterocycles. The van der Waals surface area contributed by atoms with Crippen LogP contribution in [0.3, 0.4) is 0 Å². The molecule has 2 rings (SSSR count). The minimum absolute atomic E-state index is 0.0658. The number of carbonyl (C=O) groups is 1. The van der Waals surface area contributed by atoms with Gasteiger partial charge in [0.05, 0.1) is 0 Å². The van der Waals surface area contributed by atoms with E-state index in [1.165, 1.54) is 12.5 Å². The molecule has 4 nitrogen and oxygen atoms in total. The van der Waals surface area contributed by atoms with Crippen molar-refractivity contribution in [1.82, 2.24) is 4.98 Å². The zero-order chi connectivity index (χ0) is 13.7. The molecule has 0 spiro atoms. The number of benzene rings is 1. The molecule has 2 aromatic rings. The Hall–Kier alpha value is -2.36. The zero-order valence-corrected chi connectivity index (χ0v) is 11.1. The second kappa shape index (κ2) is 6.00. The Morgan fingerprint density at radius 2 is 1.95 bits per heavy atom. The number of nitrogens with one attached hydrogen (secondary N) is 2. The Labute approximate surface area is 112 Å². The average Bonchev–Trinajstić information content (AvgIpc) is 2.40. The van der Waals surface area contributed by atoms with Gasteiger partial charge >= 0.3 is 0 Å². The van der Waals surface area contributed by atoms with E-state index in [0.717, 1.165) is 23.5 Å². The maximum atomic E-state index is 11.1. The Morgan fingerprint density at radius 1 is 1.21 bits per heavy atom. The van der Waals surface area contributed by atoms with Crippen LogP contribution in [0.15, 0.2) is 42.7 Å². The number of aryl methyl sites for hydroxylation is 1. The van der Waals surface area contributed by atoms with Gasteiger partial charge in [0.25, 0.3) is 0 Å². The number of aromatic nitrogens is 1. The second-order valence-electron chi connectivity index (χ2n) is 4.42. The molecule has 0 aliphatic heterocycles. The van der Waals surface area contributed by atoms with E-state index in [1.807, 2.05) is 37.3 Å². The van der Waals surface area contributed by atoms with E-state index in [1.54, 1.807) is 12.4 Å². The van der Waals surface area contributed by atoms with Crippen LogP contribution in [0, 0.1) is 6.92 Å². The quantitative estimate of drug-likeness (QED) is 0.883. The predicted octanol–water partition coefficient (Wildman–Crippen LogP) is 2.96. The summed E-state index contributed by atoms with van der Waals surface area (Å²) in [5, 5.41) is 6.15. The normalized spacial score (nSPS) is 10.0. The van der Waals surface area contributed by atoms with E-state index < -0.39 is 0 Å². The molecule has 1 amide bonds. The third-order valence-corrected chi connectivity index (χ3v) is 2.79. The van der Waals surface area contributed by atoms with Gasteiger partial charge in [-0.05, 0) is 42.3 Å². The van der Waals surface area contributed by atoms with E-state index in [-0.39, 0.29) is 5.91 Å².